The fraction of sp³-hybridized carbons (Fsp3) is 0.188. The molecule has 3 rings (SSSR count). The van der Waals surface area contributed by atoms with Crippen LogP contribution in [0.1, 0.15) is 28.4 Å². The van der Waals surface area contributed by atoms with Crippen LogP contribution in [0.25, 0.3) is 0 Å². The predicted octanol–water partition coefficient (Wildman–Crippen LogP) is 1.87. The molecule has 0 aliphatic carbocycles. The zero-order valence-corrected chi connectivity index (χ0v) is 11.7. The van der Waals surface area contributed by atoms with Crippen molar-refractivity contribution in [2.24, 2.45) is 0 Å². The maximum absolute atomic E-state index is 12.2. The second-order valence-electron chi connectivity index (χ2n) is 5.00. The summed E-state index contributed by atoms with van der Waals surface area (Å²) in [5.74, 6) is -0.376. The Kier molecular flexibility index (Phi) is 5.09. The van der Waals surface area contributed by atoms with Crippen LogP contribution in [-0.2, 0) is 0 Å². The van der Waals surface area contributed by atoms with Crippen LogP contribution in [0.4, 0.5) is 0 Å². The normalized spacial score (nSPS) is 16.0. The van der Waals surface area contributed by atoms with Crippen molar-refractivity contribution in [1.29, 1.82) is 0 Å². The molecule has 1 heterocycles. The fourth-order valence-corrected chi connectivity index (χ4v) is 2.51. The second kappa shape index (κ2) is 6.70. The number of fused-ring (bicyclic) bond motifs is 1. The van der Waals surface area contributed by atoms with E-state index < -0.39 is 6.10 Å². The van der Waals surface area contributed by atoms with E-state index in [9.17, 15) is 20.1 Å². The zero-order valence-electron chi connectivity index (χ0n) is 11.7. The summed E-state index contributed by atoms with van der Waals surface area (Å²) in [5, 5.41) is 28.9. The van der Waals surface area contributed by atoms with E-state index in [-0.39, 0.29) is 76.1 Å². The van der Waals surface area contributed by atoms with E-state index in [1.54, 1.807) is 12.1 Å². The van der Waals surface area contributed by atoms with Crippen LogP contribution in [0.15, 0.2) is 30.3 Å². The van der Waals surface area contributed by atoms with Gasteiger partial charge in [0.15, 0.2) is 17.3 Å². The average molecular weight is 326 g/mol. The van der Waals surface area contributed by atoms with Gasteiger partial charge in [-0.1, -0.05) is 6.07 Å². The van der Waals surface area contributed by atoms with Crippen LogP contribution < -0.4 is 9.47 Å². The molecule has 0 unspecified atom stereocenters. The molecule has 0 bridgehead atoms. The topological polar surface area (TPSA) is 96.2 Å². The van der Waals surface area contributed by atoms with Gasteiger partial charge in [0.2, 0.25) is 0 Å². The first-order valence-corrected chi connectivity index (χ1v) is 6.62. The quantitative estimate of drug-likeness (QED) is 0.729. The third-order valence-corrected chi connectivity index (χ3v) is 3.56. The predicted molar refractivity (Wildman–Crippen MR) is 83.9 cm³/mol. The Hall–Kier alpha value is -1.89. The fourth-order valence-electron chi connectivity index (χ4n) is 2.51. The first-order valence-electron chi connectivity index (χ1n) is 6.62. The summed E-state index contributed by atoms with van der Waals surface area (Å²) in [7, 11) is 1.43. The Morgan fingerprint density at radius 1 is 1.13 bits per heavy atom. The van der Waals surface area contributed by atoms with E-state index in [0.717, 1.165) is 6.07 Å². The number of benzene rings is 2. The number of ketones is 1. The van der Waals surface area contributed by atoms with Crippen LogP contribution in [0.2, 0.25) is 0 Å². The van der Waals surface area contributed by atoms with Crippen LogP contribution in [0, 0.1) is 0 Å². The van der Waals surface area contributed by atoms with Crippen LogP contribution >= 0.6 is 0 Å². The standard InChI is InChI=1S/C16H14O6.Na.H/c1-21-14-4-8(2-3-10(14)18)13-7-12(20)16-11(19)5-9(17)6-15(16)22-13;;/h2-6,13,17-19H,7H2,1H3;;/t13-;;/m0../s1. The summed E-state index contributed by atoms with van der Waals surface area (Å²) in [5.41, 5.74) is 0.719. The van der Waals surface area contributed by atoms with Crippen molar-refractivity contribution in [2.75, 3.05) is 7.11 Å². The van der Waals surface area contributed by atoms with Gasteiger partial charge in [-0.25, -0.2) is 0 Å². The Morgan fingerprint density at radius 3 is 2.57 bits per heavy atom. The van der Waals surface area contributed by atoms with Gasteiger partial charge in [0.1, 0.15) is 28.9 Å². The summed E-state index contributed by atoms with van der Waals surface area (Å²) in [4.78, 5) is 12.2. The average Bonchev–Trinajstić information content (AvgIpc) is 2.46. The third-order valence-electron chi connectivity index (χ3n) is 3.56. The SMILES string of the molecule is COc1cc([C@@H]2CC(=O)c3c(O)cc(O)cc3O2)ccc1O.[NaH]. The molecule has 7 heteroatoms. The van der Waals surface area contributed by atoms with Gasteiger partial charge in [0.25, 0.3) is 0 Å². The number of rotatable bonds is 2. The summed E-state index contributed by atoms with van der Waals surface area (Å²) in [6.07, 6.45) is -0.546. The van der Waals surface area contributed by atoms with E-state index in [2.05, 4.69) is 0 Å². The number of hydrogen-bond donors (Lipinski definition) is 3. The molecule has 23 heavy (non-hydrogen) atoms. The van der Waals surface area contributed by atoms with Gasteiger partial charge in [-0.3, -0.25) is 4.79 Å². The van der Waals surface area contributed by atoms with Crippen molar-refractivity contribution in [3.05, 3.63) is 41.5 Å². The number of carbonyl (C=O) groups excluding carboxylic acids is 1. The molecule has 0 aromatic heterocycles. The molecule has 1 atom stereocenters. The number of aromatic hydroxyl groups is 3. The second-order valence-corrected chi connectivity index (χ2v) is 5.00. The van der Waals surface area contributed by atoms with Crippen molar-refractivity contribution in [3.63, 3.8) is 0 Å². The van der Waals surface area contributed by atoms with Gasteiger partial charge in [-0.15, -0.1) is 0 Å². The summed E-state index contributed by atoms with van der Waals surface area (Å²) >= 11 is 0. The first kappa shape index (κ1) is 17.5. The molecule has 0 saturated heterocycles. The maximum atomic E-state index is 12.2. The van der Waals surface area contributed by atoms with Crippen molar-refractivity contribution >= 4 is 35.3 Å². The van der Waals surface area contributed by atoms with Crippen LogP contribution in [0.3, 0.4) is 0 Å². The Labute approximate surface area is 154 Å². The van der Waals surface area contributed by atoms with Gasteiger partial charge >= 0.3 is 29.6 Å². The summed E-state index contributed by atoms with van der Waals surface area (Å²) < 4.78 is 10.8. The molecule has 0 spiro atoms. The van der Waals surface area contributed by atoms with Crippen molar-refractivity contribution in [3.8, 4) is 28.7 Å². The zero-order chi connectivity index (χ0) is 15.9. The van der Waals surface area contributed by atoms with E-state index >= 15 is 0 Å². The number of hydrogen-bond acceptors (Lipinski definition) is 6. The van der Waals surface area contributed by atoms with Gasteiger partial charge < -0.3 is 24.8 Å². The number of phenolic OH excluding ortho intramolecular Hbond substituents is 3. The molecular formula is C16H15NaO6. The molecule has 1 aliphatic heterocycles. The van der Waals surface area contributed by atoms with E-state index in [4.69, 9.17) is 9.47 Å². The minimum atomic E-state index is -0.587. The number of methoxy groups -OCH3 is 1. The van der Waals surface area contributed by atoms with Gasteiger partial charge in [0.05, 0.1) is 13.5 Å². The van der Waals surface area contributed by atoms with E-state index in [0.29, 0.717) is 5.56 Å². The summed E-state index contributed by atoms with van der Waals surface area (Å²) in [6, 6.07) is 7.06. The molecular weight excluding hydrogens is 311 g/mol. The molecule has 2 aromatic carbocycles. The Balaban J connectivity index is 0.00000192. The molecule has 3 N–H and O–H groups in total. The number of Topliss-reactive ketones (excluding diaryl/α,β-unsaturated/α-hetero) is 1. The Bertz CT molecular complexity index is 758. The third kappa shape index (κ3) is 3.24. The van der Waals surface area contributed by atoms with Crippen LogP contribution in [-0.4, -0.2) is 57.8 Å². The monoisotopic (exact) mass is 326 g/mol. The molecule has 116 valence electrons. The van der Waals surface area contributed by atoms with Crippen molar-refractivity contribution in [2.45, 2.75) is 12.5 Å². The van der Waals surface area contributed by atoms with Gasteiger partial charge in [-0.05, 0) is 17.7 Å². The Morgan fingerprint density at radius 2 is 1.87 bits per heavy atom. The molecule has 2 aromatic rings. The molecule has 0 amide bonds. The molecule has 0 radical (unpaired) electrons. The first-order chi connectivity index (χ1) is 10.5. The van der Waals surface area contributed by atoms with Gasteiger partial charge in [0, 0.05) is 12.1 Å². The number of ether oxygens (including phenoxy) is 2. The summed E-state index contributed by atoms with van der Waals surface area (Å²) in [6.45, 7) is 0. The molecule has 0 fully saturated rings. The minimum absolute atomic E-state index is 0. The number of phenols is 3. The van der Waals surface area contributed by atoms with Crippen LogP contribution in [0.5, 0.6) is 28.7 Å². The van der Waals surface area contributed by atoms with E-state index in [1.807, 2.05) is 0 Å². The molecule has 1 aliphatic rings. The molecule has 0 saturated carbocycles. The van der Waals surface area contributed by atoms with Crippen molar-refractivity contribution < 1.29 is 29.6 Å². The van der Waals surface area contributed by atoms with Gasteiger partial charge in [-0.2, -0.15) is 0 Å². The van der Waals surface area contributed by atoms with E-state index in [1.165, 1.54) is 19.2 Å². The number of carbonyl (C=O) groups is 1. The van der Waals surface area contributed by atoms with Crippen molar-refractivity contribution in [1.82, 2.24) is 0 Å². The molecule has 6 nitrogen and oxygen atoms in total.